The largest absolute Gasteiger partial charge is 0.394 e. The van der Waals surface area contributed by atoms with Crippen molar-refractivity contribution in [3.63, 3.8) is 0 Å². The SMILES string of the molecule is CC(C)C=O.CC(C)C=O.OCC(O)CO. The summed E-state index contributed by atoms with van der Waals surface area (Å²) in [4.78, 5) is 19.0. The fraction of sp³-hybridized carbons (Fsp3) is 0.818. The van der Waals surface area contributed by atoms with Crippen LogP contribution in [-0.4, -0.2) is 47.2 Å². The summed E-state index contributed by atoms with van der Waals surface area (Å²) >= 11 is 0. The second kappa shape index (κ2) is 16.6. The van der Waals surface area contributed by atoms with Gasteiger partial charge < -0.3 is 24.9 Å². The zero-order valence-electron chi connectivity index (χ0n) is 10.5. The molecule has 0 amide bonds. The van der Waals surface area contributed by atoms with Crippen molar-refractivity contribution in [2.24, 2.45) is 11.8 Å². The van der Waals surface area contributed by atoms with Crippen molar-refractivity contribution in [2.45, 2.75) is 33.8 Å². The van der Waals surface area contributed by atoms with Crippen molar-refractivity contribution in [1.29, 1.82) is 0 Å². The Kier molecular flexibility index (Phi) is 21.4. The molecule has 5 heteroatoms. The molecule has 0 spiro atoms. The predicted octanol–water partition coefficient (Wildman–Crippen LogP) is 0.0145. The molecule has 0 rings (SSSR count). The number of hydrogen-bond donors (Lipinski definition) is 3. The lowest BCUT2D eigenvalue weighted by Crippen LogP contribution is -2.15. The van der Waals surface area contributed by atoms with E-state index in [0.717, 1.165) is 12.6 Å². The number of carbonyl (C=O) groups excluding carboxylic acids is 2. The van der Waals surface area contributed by atoms with Gasteiger partial charge in [-0.15, -0.1) is 0 Å². The van der Waals surface area contributed by atoms with Crippen molar-refractivity contribution < 1.29 is 24.9 Å². The maximum atomic E-state index is 9.50. The molecule has 0 aromatic carbocycles. The van der Waals surface area contributed by atoms with Crippen LogP contribution in [0.15, 0.2) is 0 Å². The molecular formula is C11H24O5. The van der Waals surface area contributed by atoms with Gasteiger partial charge in [0, 0.05) is 11.8 Å². The lowest BCUT2D eigenvalue weighted by molar-refractivity contribution is -0.110. The summed E-state index contributed by atoms with van der Waals surface area (Å²) in [5.41, 5.74) is 0. The van der Waals surface area contributed by atoms with Crippen molar-refractivity contribution in [2.75, 3.05) is 13.2 Å². The van der Waals surface area contributed by atoms with Crippen LogP contribution in [0, 0.1) is 11.8 Å². The molecule has 16 heavy (non-hydrogen) atoms. The van der Waals surface area contributed by atoms with E-state index in [4.69, 9.17) is 15.3 Å². The Morgan fingerprint density at radius 3 is 1.06 bits per heavy atom. The Morgan fingerprint density at radius 1 is 0.875 bits per heavy atom. The highest BCUT2D eigenvalue weighted by Crippen LogP contribution is 1.79. The first-order chi connectivity index (χ1) is 7.35. The Morgan fingerprint density at radius 2 is 1.06 bits per heavy atom. The Balaban J connectivity index is -0.000000160. The number of carbonyl (C=O) groups is 2. The third-order valence-corrected chi connectivity index (χ3v) is 0.966. The molecule has 0 atom stereocenters. The van der Waals surface area contributed by atoms with Crippen molar-refractivity contribution >= 4 is 12.6 Å². The zero-order valence-corrected chi connectivity index (χ0v) is 10.5. The van der Waals surface area contributed by atoms with Crippen LogP contribution in [0.5, 0.6) is 0 Å². The van der Waals surface area contributed by atoms with Crippen molar-refractivity contribution in [3.8, 4) is 0 Å². The first kappa shape index (κ1) is 20.6. The third kappa shape index (κ3) is 37.9. The number of aliphatic hydroxyl groups is 3. The lowest BCUT2D eigenvalue weighted by Gasteiger charge is -1.96. The van der Waals surface area contributed by atoms with Crippen LogP contribution in [0.3, 0.4) is 0 Å². The minimum absolute atomic E-state index is 0.204. The molecule has 0 aliphatic rings. The Bertz CT molecular complexity index is 129. The number of hydrogen-bond acceptors (Lipinski definition) is 5. The van der Waals surface area contributed by atoms with Gasteiger partial charge in [-0.05, 0) is 0 Å². The van der Waals surface area contributed by atoms with Crippen LogP contribution in [0.4, 0.5) is 0 Å². The first-order valence-corrected chi connectivity index (χ1v) is 5.15. The first-order valence-electron chi connectivity index (χ1n) is 5.15. The number of aliphatic hydroxyl groups excluding tert-OH is 3. The minimum atomic E-state index is -0.954. The van der Waals surface area contributed by atoms with Gasteiger partial charge >= 0.3 is 0 Å². The van der Waals surface area contributed by atoms with Crippen molar-refractivity contribution in [3.05, 3.63) is 0 Å². The third-order valence-electron chi connectivity index (χ3n) is 0.966. The maximum absolute atomic E-state index is 9.50. The molecule has 0 bridgehead atoms. The number of rotatable bonds is 4. The van der Waals surface area contributed by atoms with Gasteiger partial charge in [0.15, 0.2) is 0 Å². The summed E-state index contributed by atoms with van der Waals surface area (Å²) in [5, 5.41) is 24.0. The van der Waals surface area contributed by atoms with E-state index < -0.39 is 6.10 Å². The van der Waals surface area contributed by atoms with E-state index in [1.54, 1.807) is 0 Å². The van der Waals surface area contributed by atoms with Gasteiger partial charge in [0.1, 0.15) is 18.7 Å². The summed E-state index contributed by atoms with van der Waals surface area (Å²) < 4.78 is 0. The summed E-state index contributed by atoms with van der Waals surface area (Å²) in [6, 6.07) is 0. The molecule has 0 aliphatic heterocycles. The molecular weight excluding hydrogens is 212 g/mol. The highest BCUT2D eigenvalue weighted by atomic mass is 16.3. The average Bonchev–Trinajstić information content (AvgIpc) is 2.29. The molecule has 0 saturated carbocycles. The fourth-order valence-electron chi connectivity index (χ4n) is 0.0577. The van der Waals surface area contributed by atoms with Gasteiger partial charge in [-0.25, -0.2) is 0 Å². The van der Waals surface area contributed by atoms with E-state index in [1.165, 1.54) is 0 Å². The summed E-state index contributed by atoms with van der Waals surface area (Å²) in [5.74, 6) is 0.407. The van der Waals surface area contributed by atoms with E-state index in [-0.39, 0.29) is 25.0 Å². The van der Waals surface area contributed by atoms with Crippen molar-refractivity contribution in [1.82, 2.24) is 0 Å². The molecule has 0 unspecified atom stereocenters. The molecule has 0 radical (unpaired) electrons. The molecule has 0 aromatic rings. The smallest absolute Gasteiger partial charge is 0.122 e. The Labute approximate surface area is 97.1 Å². The van der Waals surface area contributed by atoms with Gasteiger partial charge in [0.05, 0.1) is 13.2 Å². The topological polar surface area (TPSA) is 94.8 Å². The molecule has 0 saturated heterocycles. The van der Waals surface area contributed by atoms with E-state index >= 15 is 0 Å². The summed E-state index contributed by atoms with van der Waals surface area (Å²) in [7, 11) is 0. The molecule has 0 fully saturated rings. The lowest BCUT2D eigenvalue weighted by atomic mass is 10.3. The number of aldehydes is 2. The highest BCUT2D eigenvalue weighted by molar-refractivity contribution is 5.52. The van der Waals surface area contributed by atoms with Crippen LogP contribution in [-0.2, 0) is 9.59 Å². The van der Waals surface area contributed by atoms with Gasteiger partial charge in [0.25, 0.3) is 0 Å². The van der Waals surface area contributed by atoms with Gasteiger partial charge in [-0.2, -0.15) is 0 Å². The van der Waals surface area contributed by atoms with E-state index in [9.17, 15) is 9.59 Å². The van der Waals surface area contributed by atoms with Gasteiger partial charge in [0.2, 0.25) is 0 Å². The fourth-order valence-corrected chi connectivity index (χ4v) is 0.0577. The van der Waals surface area contributed by atoms with Crippen LogP contribution in [0.1, 0.15) is 27.7 Å². The zero-order chi connectivity index (χ0) is 13.6. The average molecular weight is 236 g/mol. The molecule has 0 aliphatic carbocycles. The van der Waals surface area contributed by atoms with Gasteiger partial charge in [-0.3, -0.25) is 0 Å². The van der Waals surface area contributed by atoms with Crippen LogP contribution < -0.4 is 0 Å². The Hall–Kier alpha value is -0.780. The van der Waals surface area contributed by atoms with E-state index in [0.29, 0.717) is 0 Å². The molecule has 5 nitrogen and oxygen atoms in total. The minimum Gasteiger partial charge on any atom is -0.394 e. The molecule has 3 N–H and O–H groups in total. The van der Waals surface area contributed by atoms with Crippen LogP contribution >= 0.6 is 0 Å². The van der Waals surface area contributed by atoms with Gasteiger partial charge in [-0.1, -0.05) is 27.7 Å². The van der Waals surface area contributed by atoms with E-state index in [2.05, 4.69) is 0 Å². The van der Waals surface area contributed by atoms with Crippen LogP contribution in [0.2, 0.25) is 0 Å². The second-order valence-electron chi connectivity index (χ2n) is 3.78. The van der Waals surface area contributed by atoms with E-state index in [1.807, 2.05) is 27.7 Å². The summed E-state index contributed by atoms with van der Waals surface area (Å²) in [6.45, 7) is 6.69. The summed E-state index contributed by atoms with van der Waals surface area (Å²) in [6.07, 6.45) is 0.880. The quantitative estimate of drug-likeness (QED) is 0.598. The standard InChI is InChI=1S/2C4H8O.C3H8O3/c2*1-4(2)3-5;4-1-3(6)2-5/h2*3-4H,1-2H3;3-6H,1-2H2. The second-order valence-corrected chi connectivity index (χ2v) is 3.78. The maximum Gasteiger partial charge on any atom is 0.122 e. The molecule has 0 aromatic heterocycles. The normalized spacial score (nSPS) is 9.12. The van der Waals surface area contributed by atoms with Crippen LogP contribution in [0.25, 0.3) is 0 Å². The predicted molar refractivity (Wildman–Crippen MR) is 62.0 cm³/mol. The monoisotopic (exact) mass is 236 g/mol. The molecule has 0 heterocycles. The highest BCUT2D eigenvalue weighted by Gasteiger charge is 1.93. The molecule has 98 valence electrons.